The molecular formula is C17H29N3. The maximum absolute atomic E-state index is 2.66. The lowest BCUT2D eigenvalue weighted by Gasteiger charge is -2.40. The zero-order valence-electron chi connectivity index (χ0n) is 13.3. The molecule has 0 spiro atoms. The predicted molar refractivity (Wildman–Crippen MR) is 86.0 cm³/mol. The highest BCUT2D eigenvalue weighted by atomic mass is 15.3. The van der Waals surface area contributed by atoms with Gasteiger partial charge in [0.15, 0.2) is 0 Å². The molecule has 1 fully saturated rings. The number of hydrogen-bond donors (Lipinski definition) is 0. The number of rotatable bonds is 6. The second kappa shape index (κ2) is 7.77. The van der Waals surface area contributed by atoms with Crippen molar-refractivity contribution < 1.29 is 0 Å². The summed E-state index contributed by atoms with van der Waals surface area (Å²) < 4.78 is 0. The van der Waals surface area contributed by atoms with Crippen LogP contribution in [-0.2, 0) is 0 Å². The highest BCUT2D eigenvalue weighted by molar-refractivity contribution is 5.19. The highest BCUT2D eigenvalue weighted by Gasteiger charge is 2.24. The van der Waals surface area contributed by atoms with Gasteiger partial charge in [0, 0.05) is 38.8 Å². The Morgan fingerprint density at radius 3 is 2.15 bits per heavy atom. The number of benzene rings is 1. The predicted octanol–water partition coefficient (Wildman–Crippen LogP) is 2.32. The second-order valence-corrected chi connectivity index (χ2v) is 5.75. The van der Waals surface area contributed by atoms with Gasteiger partial charge in [0.2, 0.25) is 0 Å². The molecule has 0 N–H and O–H groups in total. The standard InChI is InChI=1S/C17H29N3/c1-4-19(5-2)15-17(16-9-7-6-8-10-16)20-13-11-18(3)12-14-20/h6-10,17H,4-5,11-15H2,1-3H3/t17-/m1/s1. The summed E-state index contributed by atoms with van der Waals surface area (Å²) >= 11 is 0. The second-order valence-electron chi connectivity index (χ2n) is 5.75. The molecule has 0 radical (unpaired) electrons. The van der Waals surface area contributed by atoms with Crippen molar-refractivity contribution in [1.29, 1.82) is 0 Å². The molecule has 0 saturated carbocycles. The van der Waals surface area contributed by atoms with Crippen molar-refractivity contribution in [1.82, 2.24) is 14.7 Å². The van der Waals surface area contributed by atoms with Gasteiger partial charge in [0.25, 0.3) is 0 Å². The summed E-state index contributed by atoms with van der Waals surface area (Å²) in [6.07, 6.45) is 0. The normalized spacial score (nSPS) is 19.4. The third-order valence-electron chi connectivity index (χ3n) is 4.49. The molecule has 112 valence electrons. The maximum Gasteiger partial charge on any atom is 0.0476 e. The minimum absolute atomic E-state index is 0.532. The Labute approximate surface area is 124 Å². The summed E-state index contributed by atoms with van der Waals surface area (Å²) in [5.41, 5.74) is 1.46. The fourth-order valence-electron chi connectivity index (χ4n) is 2.97. The van der Waals surface area contributed by atoms with Crippen molar-refractivity contribution in [3.63, 3.8) is 0 Å². The van der Waals surface area contributed by atoms with Gasteiger partial charge in [-0.15, -0.1) is 0 Å². The van der Waals surface area contributed by atoms with Crippen molar-refractivity contribution in [2.45, 2.75) is 19.9 Å². The summed E-state index contributed by atoms with van der Waals surface area (Å²) in [7, 11) is 2.22. The average Bonchev–Trinajstić information content (AvgIpc) is 2.51. The zero-order valence-corrected chi connectivity index (χ0v) is 13.3. The van der Waals surface area contributed by atoms with E-state index in [0.29, 0.717) is 6.04 Å². The van der Waals surface area contributed by atoms with Crippen LogP contribution in [0.25, 0.3) is 0 Å². The molecular weight excluding hydrogens is 246 g/mol. The third kappa shape index (κ3) is 4.05. The SMILES string of the molecule is CCN(CC)C[C@H](c1ccccc1)N1CCN(C)CC1. The topological polar surface area (TPSA) is 9.72 Å². The molecule has 0 unspecified atom stereocenters. The summed E-state index contributed by atoms with van der Waals surface area (Å²) in [6.45, 7) is 12.6. The van der Waals surface area contributed by atoms with Crippen LogP contribution in [0, 0.1) is 0 Å². The number of hydrogen-bond acceptors (Lipinski definition) is 3. The molecule has 1 aromatic carbocycles. The molecule has 3 nitrogen and oxygen atoms in total. The monoisotopic (exact) mass is 275 g/mol. The van der Waals surface area contributed by atoms with Crippen LogP contribution in [0.15, 0.2) is 30.3 Å². The van der Waals surface area contributed by atoms with E-state index in [0.717, 1.165) is 19.6 Å². The minimum atomic E-state index is 0.532. The number of likely N-dealkylation sites (N-methyl/N-ethyl adjacent to an activating group) is 2. The first-order valence-electron chi connectivity index (χ1n) is 7.94. The van der Waals surface area contributed by atoms with Crippen molar-refractivity contribution in [3.05, 3.63) is 35.9 Å². The van der Waals surface area contributed by atoms with Gasteiger partial charge in [-0.3, -0.25) is 4.90 Å². The molecule has 0 bridgehead atoms. The smallest absolute Gasteiger partial charge is 0.0476 e. The zero-order chi connectivity index (χ0) is 14.4. The van der Waals surface area contributed by atoms with E-state index in [1.807, 2.05) is 0 Å². The number of piperazine rings is 1. The Morgan fingerprint density at radius 1 is 1.00 bits per heavy atom. The van der Waals surface area contributed by atoms with Crippen molar-refractivity contribution in [3.8, 4) is 0 Å². The molecule has 2 rings (SSSR count). The first-order valence-corrected chi connectivity index (χ1v) is 7.94. The lowest BCUT2D eigenvalue weighted by atomic mass is 10.0. The minimum Gasteiger partial charge on any atom is -0.304 e. The van der Waals surface area contributed by atoms with Gasteiger partial charge in [-0.1, -0.05) is 44.2 Å². The van der Waals surface area contributed by atoms with Crippen LogP contribution >= 0.6 is 0 Å². The molecule has 1 aliphatic rings. The first kappa shape index (κ1) is 15.5. The molecule has 0 aromatic heterocycles. The van der Waals surface area contributed by atoms with Crippen molar-refractivity contribution >= 4 is 0 Å². The quantitative estimate of drug-likeness (QED) is 0.789. The number of nitrogens with zero attached hydrogens (tertiary/aromatic N) is 3. The van der Waals surface area contributed by atoms with Crippen molar-refractivity contribution in [2.75, 3.05) is 52.9 Å². The van der Waals surface area contributed by atoms with Gasteiger partial charge in [0.05, 0.1) is 0 Å². The van der Waals surface area contributed by atoms with E-state index in [-0.39, 0.29) is 0 Å². The van der Waals surface area contributed by atoms with Crippen LogP contribution < -0.4 is 0 Å². The lowest BCUT2D eigenvalue weighted by molar-refractivity contribution is 0.0877. The van der Waals surface area contributed by atoms with Crippen LogP contribution in [0.4, 0.5) is 0 Å². The van der Waals surface area contributed by atoms with E-state index in [9.17, 15) is 0 Å². The Hall–Kier alpha value is -0.900. The van der Waals surface area contributed by atoms with Gasteiger partial charge in [-0.05, 0) is 25.7 Å². The highest BCUT2D eigenvalue weighted by Crippen LogP contribution is 2.23. The lowest BCUT2D eigenvalue weighted by Crippen LogP contribution is -2.48. The van der Waals surface area contributed by atoms with Gasteiger partial charge >= 0.3 is 0 Å². The molecule has 1 heterocycles. The molecule has 0 amide bonds. The van der Waals surface area contributed by atoms with E-state index < -0.39 is 0 Å². The maximum atomic E-state index is 2.66. The van der Waals surface area contributed by atoms with Gasteiger partial charge < -0.3 is 9.80 Å². The van der Waals surface area contributed by atoms with E-state index >= 15 is 0 Å². The largest absolute Gasteiger partial charge is 0.304 e. The Kier molecular flexibility index (Phi) is 6.02. The van der Waals surface area contributed by atoms with E-state index in [4.69, 9.17) is 0 Å². The van der Waals surface area contributed by atoms with Crippen LogP contribution in [0.5, 0.6) is 0 Å². The summed E-state index contributed by atoms with van der Waals surface area (Å²) in [6, 6.07) is 11.5. The summed E-state index contributed by atoms with van der Waals surface area (Å²) in [5, 5.41) is 0. The Balaban J connectivity index is 2.11. The molecule has 0 aliphatic carbocycles. The molecule has 1 saturated heterocycles. The van der Waals surface area contributed by atoms with Crippen LogP contribution in [0.3, 0.4) is 0 Å². The van der Waals surface area contributed by atoms with Gasteiger partial charge in [-0.25, -0.2) is 0 Å². The van der Waals surface area contributed by atoms with Gasteiger partial charge in [-0.2, -0.15) is 0 Å². The fourth-order valence-corrected chi connectivity index (χ4v) is 2.97. The van der Waals surface area contributed by atoms with Crippen LogP contribution in [0.2, 0.25) is 0 Å². The van der Waals surface area contributed by atoms with Crippen molar-refractivity contribution in [2.24, 2.45) is 0 Å². The molecule has 20 heavy (non-hydrogen) atoms. The van der Waals surface area contributed by atoms with Crippen LogP contribution in [0.1, 0.15) is 25.5 Å². The molecule has 1 aliphatic heterocycles. The average molecular weight is 275 g/mol. The summed E-state index contributed by atoms with van der Waals surface area (Å²) in [5.74, 6) is 0. The molecule has 1 atom stereocenters. The third-order valence-corrected chi connectivity index (χ3v) is 4.49. The Morgan fingerprint density at radius 2 is 1.60 bits per heavy atom. The van der Waals surface area contributed by atoms with E-state index in [2.05, 4.69) is 65.9 Å². The van der Waals surface area contributed by atoms with Gasteiger partial charge in [0.1, 0.15) is 0 Å². The Bertz CT molecular complexity index is 367. The summed E-state index contributed by atoms with van der Waals surface area (Å²) in [4.78, 5) is 7.62. The van der Waals surface area contributed by atoms with E-state index in [1.165, 1.54) is 31.7 Å². The van der Waals surface area contributed by atoms with Crippen LogP contribution in [-0.4, -0.2) is 67.6 Å². The first-order chi connectivity index (χ1) is 9.74. The molecule has 1 aromatic rings. The molecule has 3 heteroatoms. The van der Waals surface area contributed by atoms with E-state index in [1.54, 1.807) is 0 Å². The fraction of sp³-hybridized carbons (Fsp3) is 0.647.